The van der Waals surface area contributed by atoms with Crippen molar-refractivity contribution in [2.75, 3.05) is 0 Å². The number of rotatable bonds is 12. The predicted molar refractivity (Wildman–Crippen MR) is 284 cm³/mol. The minimum atomic E-state index is -0.912. The molecule has 5 unspecified atom stereocenters. The van der Waals surface area contributed by atoms with Gasteiger partial charge in [-0.25, -0.2) is 24.0 Å². The van der Waals surface area contributed by atoms with Gasteiger partial charge < -0.3 is 74.6 Å². The minimum Gasteiger partial charge on any atom is -0.465 e. The van der Waals surface area contributed by atoms with E-state index in [1.807, 2.05) is 13.8 Å². The number of aryl methyl sites for hydroxylation is 4. The third-order valence-electron chi connectivity index (χ3n) is 11.6. The van der Waals surface area contributed by atoms with Crippen LogP contribution in [0.15, 0.2) is 178 Å². The van der Waals surface area contributed by atoms with Crippen LogP contribution in [0.25, 0.3) is 0 Å². The van der Waals surface area contributed by atoms with Crippen LogP contribution in [0.1, 0.15) is 77.3 Å². The predicted octanol–water partition coefficient (Wildman–Crippen LogP) is 6.60. The van der Waals surface area contributed by atoms with Crippen molar-refractivity contribution in [1.82, 2.24) is 0 Å². The maximum Gasteiger partial charge on any atom is 0.339 e. The minimum absolute atomic E-state index is 0.0225. The lowest BCUT2D eigenvalue weighted by atomic mass is 10.2. The fourth-order valence-corrected chi connectivity index (χ4v) is 6.93. The van der Waals surface area contributed by atoms with Crippen molar-refractivity contribution in [2.45, 2.75) is 114 Å². The van der Waals surface area contributed by atoms with Gasteiger partial charge in [-0.3, -0.25) is 19.2 Å². The summed E-state index contributed by atoms with van der Waals surface area (Å²) in [4.78, 5) is 102. The molecule has 5 aromatic heterocycles. The van der Waals surface area contributed by atoms with Crippen molar-refractivity contribution in [3.05, 3.63) is 212 Å². The molecule has 0 bridgehead atoms. The maximum atomic E-state index is 11.7. The second-order valence-corrected chi connectivity index (χ2v) is 18.0. The molecular weight excluding hydrogens is 1100 g/mol. The highest BCUT2D eigenvalue weighted by Gasteiger charge is 2.32. The highest BCUT2D eigenvalue weighted by molar-refractivity contribution is 5.92. The normalized spacial score (nSPS) is 19.1. The number of esters is 4. The van der Waals surface area contributed by atoms with Gasteiger partial charge in [-0.1, -0.05) is 13.5 Å². The van der Waals surface area contributed by atoms with Crippen molar-refractivity contribution in [3.63, 3.8) is 0 Å². The lowest BCUT2D eigenvalue weighted by Gasteiger charge is -2.14. The van der Waals surface area contributed by atoms with Crippen LogP contribution in [-0.4, -0.2) is 60.4 Å². The first-order valence-electron chi connectivity index (χ1n) is 24.9. The van der Waals surface area contributed by atoms with Crippen molar-refractivity contribution in [3.8, 4) is 28.7 Å². The van der Waals surface area contributed by atoms with Crippen molar-refractivity contribution in [2.24, 2.45) is 0 Å². The van der Waals surface area contributed by atoms with E-state index in [0.717, 1.165) is 17.9 Å². The van der Waals surface area contributed by atoms with Gasteiger partial charge in [0.25, 0.3) is 31.5 Å². The third-order valence-corrected chi connectivity index (χ3v) is 11.6. The molecule has 10 rings (SSSR count). The van der Waals surface area contributed by atoms with E-state index in [1.54, 1.807) is 73.6 Å². The van der Waals surface area contributed by atoms with Gasteiger partial charge in [0.05, 0.1) is 18.6 Å². The summed E-state index contributed by atoms with van der Waals surface area (Å²) < 4.78 is 76.3. The molecule has 0 radical (unpaired) electrons. The molecule has 0 amide bonds. The van der Waals surface area contributed by atoms with Crippen LogP contribution in [0.5, 0.6) is 28.7 Å². The number of ether oxygens (including phenoxy) is 10. The van der Waals surface area contributed by atoms with E-state index in [2.05, 4.69) is 6.58 Å². The molecule has 25 nitrogen and oxygen atoms in total. The number of hydrogen-bond donors (Lipinski definition) is 1. The van der Waals surface area contributed by atoms with Crippen LogP contribution in [0.2, 0.25) is 0 Å². The Labute approximate surface area is 470 Å². The molecular formula is C58H56O25. The zero-order valence-corrected chi connectivity index (χ0v) is 46.3. The van der Waals surface area contributed by atoms with Gasteiger partial charge in [0.1, 0.15) is 59.4 Å². The molecule has 438 valence electrons. The van der Waals surface area contributed by atoms with Crippen LogP contribution >= 0.6 is 0 Å². The number of allylic oxidation sites excluding steroid dienone is 1. The maximum absolute atomic E-state index is 11.7. The summed E-state index contributed by atoms with van der Waals surface area (Å²) in [6, 6.07) is 7.75. The van der Waals surface area contributed by atoms with Crippen molar-refractivity contribution in [1.29, 1.82) is 0 Å². The Bertz CT molecular complexity index is 3760. The van der Waals surface area contributed by atoms with Crippen LogP contribution in [0, 0.1) is 20.8 Å². The van der Waals surface area contributed by atoms with Crippen LogP contribution in [0.4, 0.5) is 0 Å². The monoisotopic (exact) mass is 1150 g/mol. The van der Waals surface area contributed by atoms with E-state index >= 15 is 0 Å². The SMILES string of the molecule is C=C1OC(Oc2c(CC)occc2=O)C=C1C.CC1=C(C)C(Oc2c(C)occc2=O)OC1=O.CC1=CC(Oc2cc(C)oc(=O)c2)OC1=O.CC1=CC(Oc2coc(C)cc2=O)OC1=O.CC1=CC(Oc2coc(CO)cc2=O)OC1=O. The number of aliphatic hydroxyl groups excluding tert-OH is 1. The fraction of sp³-hybridized carbons (Fsp3) is 0.293. The number of cyclic esters (lactones) is 4. The summed E-state index contributed by atoms with van der Waals surface area (Å²) in [6.45, 7) is 20.2. The van der Waals surface area contributed by atoms with Crippen LogP contribution in [-0.2, 0) is 55.9 Å². The molecule has 10 heterocycles. The molecule has 5 aromatic rings. The van der Waals surface area contributed by atoms with Gasteiger partial charge in [-0.2, -0.15) is 0 Å². The van der Waals surface area contributed by atoms with E-state index in [9.17, 15) is 43.2 Å². The summed E-state index contributed by atoms with van der Waals surface area (Å²) in [5, 5.41) is 8.75. The molecule has 0 saturated heterocycles. The Morgan fingerprint density at radius 2 is 1.02 bits per heavy atom. The summed E-state index contributed by atoms with van der Waals surface area (Å²) in [5.74, 6) is 1.28. The average molecular weight is 1150 g/mol. The summed E-state index contributed by atoms with van der Waals surface area (Å²) in [7, 11) is 0. The lowest BCUT2D eigenvalue weighted by Crippen LogP contribution is -2.22. The standard InChI is InChI=1S/C13H14O4.C12H12O5.C11H10O6.2C11H10O5/c1-4-11-13(10(14)5-6-15-11)17-12-7-8(2)9(3)16-12;1-6-7(2)12(17-11(6)14)16-10-8(3)15-5-4-9(10)13;1-6-2-10(17-11(6)14)16-9-5-15-7(4-12)3-8(9)13;1-6-3-10(16-11(6)13)15-9-5-14-7(2)4-8(9)12;1-6-3-10(16-11(6)13)15-8-4-7(2)14-9(12)5-8/h5-7,12H,3-4H2,1-2H3;4-5,12H,1-3H3;2-3,5,10,12H,4H2,1H3;2*3-5,10H,1-2H3. The lowest BCUT2D eigenvalue weighted by molar-refractivity contribution is -0.150. The van der Waals surface area contributed by atoms with Gasteiger partial charge >= 0.3 is 29.5 Å². The van der Waals surface area contributed by atoms with E-state index in [0.29, 0.717) is 68.8 Å². The van der Waals surface area contributed by atoms with Gasteiger partial charge in [-0.15, -0.1) is 0 Å². The fourth-order valence-electron chi connectivity index (χ4n) is 6.93. The molecule has 83 heavy (non-hydrogen) atoms. The molecule has 0 spiro atoms. The van der Waals surface area contributed by atoms with E-state index in [1.165, 1.54) is 55.2 Å². The topological polar surface area (TPSA) is 332 Å². The zero-order chi connectivity index (χ0) is 60.8. The second-order valence-electron chi connectivity index (χ2n) is 18.0. The summed E-state index contributed by atoms with van der Waals surface area (Å²) in [5.41, 5.74) is 1.69. The van der Waals surface area contributed by atoms with Gasteiger partial charge in [-0.05, 0) is 67.9 Å². The quantitative estimate of drug-likeness (QED) is 0.102. The smallest absolute Gasteiger partial charge is 0.339 e. The molecule has 5 aliphatic heterocycles. The zero-order valence-electron chi connectivity index (χ0n) is 46.3. The molecule has 5 atom stereocenters. The Kier molecular flexibility index (Phi) is 20.8. The number of carbonyl (C=O) groups is 4. The molecule has 1 N–H and O–H groups in total. The Morgan fingerprint density at radius 3 is 1.48 bits per heavy atom. The Morgan fingerprint density at radius 1 is 0.506 bits per heavy atom. The van der Waals surface area contributed by atoms with E-state index in [-0.39, 0.29) is 51.7 Å². The summed E-state index contributed by atoms with van der Waals surface area (Å²) >= 11 is 0. The van der Waals surface area contributed by atoms with Crippen LogP contribution < -0.4 is 51.0 Å². The van der Waals surface area contributed by atoms with Crippen molar-refractivity contribution >= 4 is 23.9 Å². The summed E-state index contributed by atoms with van der Waals surface area (Å²) in [6.07, 6.45) is 7.83. The first kappa shape index (κ1) is 62.0. The van der Waals surface area contributed by atoms with Gasteiger partial charge in [0.2, 0.25) is 44.7 Å². The Balaban J connectivity index is 0.000000167. The molecule has 5 aliphatic rings. The highest BCUT2D eigenvalue weighted by atomic mass is 16.7. The van der Waals surface area contributed by atoms with E-state index in [4.69, 9.17) is 74.6 Å². The number of aliphatic hydroxyl groups is 1. The molecule has 0 fully saturated rings. The number of hydrogen-bond acceptors (Lipinski definition) is 25. The average Bonchev–Trinajstić information content (AvgIpc) is 4.44. The molecule has 25 heteroatoms. The van der Waals surface area contributed by atoms with Gasteiger partial charge in [0.15, 0.2) is 0 Å². The first-order valence-corrected chi connectivity index (χ1v) is 24.9. The van der Waals surface area contributed by atoms with Crippen LogP contribution in [0.3, 0.4) is 0 Å². The largest absolute Gasteiger partial charge is 0.465 e. The van der Waals surface area contributed by atoms with E-state index < -0.39 is 66.4 Å². The number of carbonyl (C=O) groups excluding carboxylic acids is 4. The van der Waals surface area contributed by atoms with Crippen molar-refractivity contribution < 1.29 is 93.7 Å². The first-order chi connectivity index (χ1) is 39.3. The highest BCUT2D eigenvalue weighted by Crippen LogP contribution is 2.27. The molecule has 0 aliphatic carbocycles. The Hall–Kier alpha value is -10.2. The molecule has 0 aromatic carbocycles. The molecule has 0 saturated carbocycles. The third kappa shape index (κ3) is 16.9. The van der Waals surface area contributed by atoms with Gasteiger partial charge in [0, 0.05) is 88.9 Å². The second kappa shape index (κ2) is 27.8.